The lowest BCUT2D eigenvalue weighted by molar-refractivity contribution is 0.0986. The van der Waals surface area contributed by atoms with E-state index >= 15 is 0 Å². The second-order valence-electron chi connectivity index (χ2n) is 7.65. The van der Waals surface area contributed by atoms with Crippen LogP contribution in [0.15, 0.2) is 36.4 Å². The van der Waals surface area contributed by atoms with Crippen LogP contribution in [0.1, 0.15) is 41.8 Å². The van der Waals surface area contributed by atoms with Crippen LogP contribution >= 0.6 is 22.9 Å². The van der Waals surface area contributed by atoms with Gasteiger partial charge in [0.25, 0.3) is 5.91 Å². The molecule has 0 atom stereocenters. The van der Waals surface area contributed by atoms with E-state index < -0.39 is 0 Å². The van der Waals surface area contributed by atoms with Crippen molar-refractivity contribution in [2.75, 3.05) is 18.6 Å². The molecule has 0 saturated heterocycles. The van der Waals surface area contributed by atoms with Crippen LogP contribution in [0.4, 0.5) is 5.13 Å². The lowest BCUT2D eigenvalue weighted by atomic mass is 10.1. The van der Waals surface area contributed by atoms with Crippen molar-refractivity contribution in [2.45, 2.75) is 34.1 Å². The maximum Gasteiger partial charge on any atom is 0.261 e. The van der Waals surface area contributed by atoms with Crippen molar-refractivity contribution in [1.29, 1.82) is 0 Å². The molecule has 0 aliphatic rings. The number of anilines is 1. The number of aryl methyl sites for hydroxylation is 2. The van der Waals surface area contributed by atoms with E-state index in [0.717, 1.165) is 33.9 Å². The number of halogens is 1. The molecule has 3 rings (SSSR count). The molecule has 158 valence electrons. The minimum Gasteiger partial charge on any atom is -0.496 e. The first-order valence-corrected chi connectivity index (χ1v) is 11.1. The molecule has 3 aromatic rings. The highest BCUT2D eigenvalue weighted by Gasteiger charge is 2.24. The number of benzene rings is 2. The SMILES string of the molecule is COc1c(C)cc(-c2nnc(N(CCC(C)C)C(=O)c3ccccc3Cl)s2)cc1C. The molecule has 0 saturated carbocycles. The zero-order valence-corrected chi connectivity index (χ0v) is 19.5. The van der Waals surface area contributed by atoms with E-state index in [1.807, 2.05) is 38.1 Å². The summed E-state index contributed by atoms with van der Waals surface area (Å²) in [6.07, 6.45) is 0.853. The fourth-order valence-electron chi connectivity index (χ4n) is 3.29. The van der Waals surface area contributed by atoms with Gasteiger partial charge in [-0.25, -0.2) is 0 Å². The zero-order chi connectivity index (χ0) is 21.8. The summed E-state index contributed by atoms with van der Waals surface area (Å²) in [5.41, 5.74) is 3.50. The molecule has 1 heterocycles. The second kappa shape index (κ2) is 9.58. The molecule has 7 heteroatoms. The van der Waals surface area contributed by atoms with Crippen molar-refractivity contribution < 1.29 is 9.53 Å². The minimum atomic E-state index is -0.161. The predicted octanol–water partition coefficient (Wildman–Crippen LogP) is 6.18. The van der Waals surface area contributed by atoms with Crippen LogP contribution in [0.5, 0.6) is 5.75 Å². The van der Waals surface area contributed by atoms with Crippen LogP contribution in [0, 0.1) is 19.8 Å². The van der Waals surface area contributed by atoms with Crippen molar-refractivity contribution in [3.05, 3.63) is 58.1 Å². The first-order chi connectivity index (χ1) is 14.3. The largest absolute Gasteiger partial charge is 0.496 e. The fraction of sp³-hybridized carbons (Fsp3) is 0.348. The quantitative estimate of drug-likeness (QED) is 0.437. The standard InChI is InChI=1S/C23H26ClN3O2S/c1-14(2)10-11-27(22(28)18-8-6-7-9-19(18)24)23-26-25-21(30-23)17-12-15(3)20(29-5)16(4)13-17/h6-9,12-14H,10-11H2,1-5H3. The Labute approximate surface area is 186 Å². The maximum absolute atomic E-state index is 13.3. The number of ether oxygens (including phenoxy) is 1. The molecule has 0 aliphatic carbocycles. The van der Waals surface area contributed by atoms with Gasteiger partial charge in [-0.2, -0.15) is 0 Å². The Bertz CT molecular complexity index is 1030. The number of carbonyl (C=O) groups excluding carboxylic acids is 1. The smallest absolute Gasteiger partial charge is 0.261 e. The molecule has 1 aromatic heterocycles. The number of hydrogen-bond donors (Lipinski definition) is 0. The number of methoxy groups -OCH3 is 1. The van der Waals surface area contributed by atoms with E-state index in [9.17, 15) is 4.79 Å². The first-order valence-electron chi connectivity index (χ1n) is 9.87. The van der Waals surface area contributed by atoms with Crippen molar-refractivity contribution in [3.8, 4) is 16.3 Å². The van der Waals surface area contributed by atoms with Crippen LogP contribution in [0.25, 0.3) is 10.6 Å². The van der Waals surface area contributed by atoms with Crippen molar-refractivity contribution in [3.63, 3.8) is 0 Å². The first kappa shape index (κ1) is 22.2. The number of hydrogen-bond acceptors (Lipinski definition) is 5. The third-order valence-electron chi connectivity index (χ3n) is 4.84. The Morgan fingerprint density at radius 2 is 1.83 bits per heavy atom. The number of carbonyl (C=O) groups is 1. The third-order valence-corrected chi connectivity index (χ3v) is 6.16. The van der Waals surface area contributed by atoms with Crippen molar-refractivity contribution in [1.82, 2.24) is 10.2 Å². The van der Waals surface area contributed by atoms with Crippen molar-refractivity contribution >= 4 is 34.0 Å². The molecule has 30 heavy (non-hydrogen) atoms. The average Bonchev–Trinajstić information content (AvgIpc) is 3.18. The number of rotatable bonds is 7. The summed E-state index contributed by atoms with van der Waals surface area (Å²) in [6, 6.07) is 11.2. The molecular formula is C23H26ClN3O2S. The molecule has 0 bridgehead atoms. The number of amides is 1. The van der Waals surface area contributed by atoms with Crippen LogP contribution in [-0.4, -0.2) is 29.8 Å². The highest BCUT2D eigenvalue weighted by atomic mass is 35.5. The lowest BCUT2D eigenvalue weighted by Gasteiger charge is -2.21. The summed E-state index contributed by atoms with van der Waals surface area (Å²) in [6.45, 7) is 8.83. The van der Waals surface area contributed by atoms with E-state index in [0.29, 0.717) is 28.2 Å². The Balaban J connectivity index is 1.97. The van der Waals surface area contributed by atoms with Gasteiger partial charge in [-0.05, 0) is 61.6 Å². The number of nitrogens with zero attached hydrogens (tertiary/aromatic N) is 3. The Hall–Kier alpha value is -2.44. The zero-order valence-electron chi connectivity index (χ0n) is 17.9. The van der Waals surface area contributed by atoms with E-state index in [2.05, 4.69) is 24.0 Å². The van der Waals surface area contributed by atoms with Gasteiger partial charge >= 0.3 is 0 Å². The molecule has 0 radical (unpaired) electrons. The molecule has 0 unspecified atom stereocenters. The molecule has 1 amide bonds. The Morgan fingerprint density at radius 3 is 2.43 bits per heavy atom. The molecule has 0 N–H and O–H groups in total. The summed E-state index contributed by atoms with van der Waals surface area (Å²) in [5.74, 6) is 1.16. The highest BCUT2D eigenvalue weighted by molar-refractivity contribution is 7.18. The molecule has 0 fully saturated rings. The summed E-state index contributed by atoms with van der Waals surface area (Å²) in [4.78, 5) is 15.0. The average molecular weight is 444 g/mol. The van der Waals surface area contributed by atoms with Crippen LogP contribution in [0.3, 0.4) is 0 Å². The van der Waals surface area contributed by atoms with Gasteiger partial charge in [0.1, 0.15) is 10.8 Å². The highest BCUT2D eigenvalue weighted by Crippen LogP contribution is 2.34. The normalized spacial score (nSPS) is 11.0. The summed E-state index contributed by atoms with van der Waals surface area (Å²) >= 11 is 7.69. The monoisotopic (exact) mass is 443 g/mol. The van der Waals surface area contributed by atoms with E-state index in [4.69, 9.17) is 16.3 Å². The predicted molar refractivity (Wildman–Crippen MR) is 124 cm³/mol. The molecule has 0 aliphatic heterocycles. The Kier molecular flexibility index (Phi) is 7.10. The number of aromatic nitrogens is 2. The van der Waals surface area contributed by atoms with Gasteiger partial charge in [-0.15, -0.1) is 10.2 Å². The molecule has 5 nitrogen and oxygen atoms in total. The van der Waals surface area contributed by atoms with E-state index in [1.165, 1.54) is 11.3 Å². The Morgan fingerprint density at radius 1 is 1.17 bits per heavy atom. The summed E-state index contributed by atoms with van der Waals surface area (Å²) < 4.78 is 5.46. The molecule has 2 aromatic carbocycles. The summed E-state index contributed by atoms with van der Waals surface area (Å²) in [5, 5.41) is 10.5. The fourth-order valence-corrected chi connectivity index (χ4v) is 4.36. The van der Waals surface area contributed by atoms with Crippen LogP contribution in [-0.2, 0) is 0 Å². The van der Waals surface area contributed by atoms with Gasteiger partial charge in [-0.3, -0.25) is 9.69 Å². The van der Waals surface area contributed by atoms with E-state index in [-0.39, 0.29) is 5.91 Å². The van der Waals surface area contributed by atoms with Crippen LogP contribution < -0.4 is 9.64 Å². The molecule has 0 spiro atoms. The minimum absolute atomic E-state index is 0.161. The summed E-state index contributed by atoms with van der Waals surface area (Å²) in [7, 11) is 1.67. The van der Waals surface area contributed by atoms with Gasteiger partial charge in [0.2, 0.25) is 5.13 Å². The third kappa shape index (κ3) is 4.82. The van der Waals surface area contributed by atoms with Crippen molar-refractivity contribution in [2.24, 2.45) is 5.92 Å². The van der Waals surface area contributed by atoms with Gasteiger partial charge in [-0.1, -0.05) is 48.9 Å². The van der Waals surface area contributed by atoms with E-state index in [1.54, 1.807) is 24.1 Å². The van der Waals surface area contributed by atoms with Gasteiger partial charge in [0.15, 0.2) is 0 Å². The van der Waals surface area contributed by atoms with Gasteiger partial charge in [0, 0.05) is 12.1 Å². The topological polar surface area (TPSA) is 55.3 Å². The van der Waals surface area contributed by atoms with Gasteiger partial charge < -0.3 is 4.74 Å². The lowest BCUT2D eigenvalue weighted by Crippen LogP contribution is -2.32. The maximum atomic E-state index is 13.3. The van der Waals surface area contributed by atoms with Gasteiger partial charge in [0.05, 0.1) is 17.7 Å². The van der Waals surface area contributed by atoms with Crippen LogP contribution in [0.2, 0.25) is 5.02 Å². The molecular weight excluding hydrogens is 418 g/mol. The second-order valence-corrected chi connectivity index (χ2v) is 9.02.